The van der Waals surface area contributed by atoms with Gasteiger partial charge in [0.05, 0.1) is 0 Å². The molecule has 0 atom stereocenters. The standard InChI is InChI=1S/C5H9N5S/c1-2-3-6-5(11)4-7-9-10-8-4/h2-3H2,1H3,(H,6,11)(H,7,8,9,10). The molecule has 0 unspecified atom stereocenters. The van der Waals surface area contributed by atoms with Crippen LogP contribution in [0.15, 0.2) is 0 Å². The average molecular weight is 171 g/mol. The maximum atomic E-state index is 4.94. The molecule has 2 N–H and O–H groups in total. The van der Waals surface area contributed by atoms with Crippen LogP contribution in [0.2, 0.25) is 0 Å². The maximum Gasteiger partial charge on any atom is 0.231 e. The molecule has 0 saturated heterocycles. The van der Waals surface area contributed by atoms with Crippen molar-refractivity contribution in [1.29, 1.82) is 0 Å². The van der Waals surface area contributed by atoms with E-state index in [4.69, 9.17) is 12.2 Å². The summed E-state index contributed by atoms with van der Waals surface area (Å²) in [5.41, 5.74) is 0. The van der Waals surface area contributed by atoms with E-state index >= 15 is 0 Å². The van der Waals surface area contributed by atoms with Gasteiger partial charge in [-0.25, -0.2) is 0 Å². The molecule has 0 radical (unpaired) electrons. The van der Waals surface area contributed by atoms with Gasteiger partial charge in [0.2, 0.25) is 5.82 Å². The van der Waals surface area contributed by atoms with Crippen molar-refractivity contribution in [2.45, 2.75) is 13.3 Å². The molecule has 0 aromatic carbocycles. The van der Waals surface area contributed by atoms with Crippen LogP contribution in [0.1, 0.15) is 19.2 Å². The first-order chi connectivity index (χ1) is 5.34. The molecule has 1 rings (SSSR count). The number of hydrogen-bond donors (Lipinski definition) is 2. The van der Waals surface area contributed by atoms with Crippen molar-refractivity contribution in [3.05, 3.63) is 5.82 Å². The summed E-state index contributed by atoms with van der Waals surface area (Å²) in [6.07, 6.45) is 1.03. The Hall–Kier alpha value is -1.04. The summed E-state index contributed by atoms with van der Waals surface area (Å²) in [4.78, 5) is 0.542. The van der Waals surface area contributed by atoms with Gasteiger partial charge >= 0.3 is 0 Å². The Morgan fingerprint density at radius 2 is 2.55 bits per heavy atom. The first kappa shape index (κ1) is 8.06. The van der Waals surface area contributed by atoms with Gasteiger partial charge in [0.1, 0.15) is 4.99 Å². The first-order valence-corrected chi connectivity index (χ1v) is 3.77. The van der Waals surface area contributed by atoms with E-state index < -0.39 is 0 Å². The van der Waals surface area contributed by atoms with Crippen LogP contribution in [0.3, 0.4) is 0 Å². The Labute approximate surface area is 69.6 Å². The summed E-state index contributed by atoms with van der Waals surface area (Å²) in [7, 11) is 0. The van der Waals surface area contributed by atoms with E-state index in [-0.39, 0.29) is 0 Å². The van der Waals surface area contributed by atoms with E-state index in [9.17, 15) is 0 Å². The second-order valence-electron chi connectivity index (χ2n) is 1.99. The summed E-state index contributed by atoms with van der Waals surface area (Å²) in [6.45, 7) is 2.90. The highest BCUT2D eigenvalue weighted by molar-refractivity contribution is 7.80. The van der Waals surface area contributed by atoms with E-state index in [1.165, 1.54) is 0 Å². The van der Waals surface area contributed by atoms with Crippen molar-refractivity contribution in [3.8, 4) is 0 Å². The highest BCUT2D eigenvalue weighted by Gasteiger charge is 2.03. The Balaban J connectivity index is 2.43. The second kappa shape index (κ2) is 3.97. The summed E-state index contributed by atoms with van der Waals surface area (Å²) < 4.78 is 0. The quantitative estimate of drug-likeness (QED) is 0.620. The lowest BCUT2D eigenvalue weighted by Crippen LogP contribution is -2.24. The normalized spacial score (nSPS) is 9.55. The molecule has 1 aromatic rings. The summed E-state index contributed by atoms with van der Waals surface area (Å²) in [5, 5.41) is 16.1. The smallest absolute Gasteiger partial charge is 0.231 e. The third-order valence-corrected chi connectivity index (χ3v) is 1.41. The number of H-pyrrole nitrogens is 1. The maximum absolute atomic E-state index is 4.94. The highest BCUT2D eigenvalue weighted by atomic mass is 32.1. The van der Waals surface area contributed by atoms with Crippen LogP contribution in [-0.4, -0.2) is 32.2 Å². The van der Waals surface area contributed by atoms with Crippen LogP contribution in [0, 0.1) is 0 Å². The monoisotopic (exact) mass is 171 g/mol. The van der Waals surface area contributed by atoms with E-state index in [0.717, 1.165) is 13.0 Å². The molecule has 1 heterocycles. The zero-order valence-electron chi connectivity index (χ0n) is 6.16. The minimum Gasteiger partial charge on any atom is -0.373 e. The molecule has 0 aliphatic heterocycles. The zero-order chi connectivity index (χ0) is 8.10. The van der Waals surface area contributed by atoms with Crippen molar-refractivity contribution < 1.29 is 0 Å². The molecule has 1 aromatic heterocycles. The number of thiocarbonyl (C=S) groups is 1. The number of hydrogen-bond acceptors (Lipinski definition) is 4. The van der Waals surface area contributed by atoms with Crippen LogP contribution in [0.25, 0.3) is 0 Å². The van der Waals surface area contributed by atoms with Gasteiger partial charge in [0.15, 0.2) is 0 Å². The van der Waals surface area contributed by atoms with Gasteiger partial charge in [-0.15, -0.1) is 10.2 Å². The number of tetrazole rings is 1. The van der Waals surface area contributed by atoms with Crippen molar-refractivity contribution >= 4 is 17.2 Å². The van der Waals surface area contributed by atoms with Gasteiger partial charge in [-0.2, -0.15) is 5.21 Å². The largest absolute Gasteiger partial charge is 0.373 e. The fraction of sp³-hybridized carbons (Fsp3) is 0.600. The number of aromatic amines is 1. The molecule has 0 aliphatic carbocycles. The number of nitrogens with one attached hydrogen (secondary N) is 2. The van der Waals surface area contributed by atoms with Crippen molar-refractivity contribution in [2.75, 3.05) is 6.54 Å². The van der Waals surface area contributed by atoms with Crippen LogP contribution in [0.4, 0.5) is 0 Å². The van der Waals surface area contributed by atoms with E-state index in [0.29, 0.717) is 10.8 Å². The van der Waals surface area contributed by atoms with Gasteiger partial charge in [0, 0.05) is 6.54 Å². The van der Waals surface area contributed by atoms with Gasteiger partial charge in [0.25, 0.3) is 0 Å². The zero-order valence-corrected chi connectivity index (χ0v) is 6.98. The third kappa shape index (κ3) is 2.23. The molecular weight excluding hydrogens is 162 g/mol. The molecular formula is C5H9N5S. The van der Waals surface area contributed by atoms with Gasteiger partial charge in [-0.3, -0.25) is 0 Å². The van der Waals surface area contributed by atoms with Crippen LogP contribution in [-0.2, 0) is 0 Å². The van der Waals surface area contributed by atoms with E-state index in [1.807, 2.05) is 0 Å². The molecule has 60 valence electrons. The molecule has 5 nitrogen and oxygen atoms in total. The first-order valence-electron chi connectivity index (χ1n) is 3.36. The SMILES string of the molecule is CCCNC(=S)c1nn[nH]n1. The molecule has 0 fully saturated rings. The van der Waals surface area contributed by atoms with Crippen LogP contribution < -0.4 is 5.32 Å². The Morgan fingerprint density at radius 1 is 1.73 bits per heavy atom. The summed E-state index contributed by atoms with van der Waals surface area (Å²) in [6, 6.07) is 0. The highest BCUT2D eigenvalue weighted by Crippen LogP contribution is 1.85. The predicted molar refractivity (Wildman–Crippen MR) is 44.2 cm³/mol. The molecule has 0 spiro atoms. The fourth-order valence-electron chi connectivity index (χ4n) is 0.576. The molecule has 0 saturated carbocycles. The molecule has 11 heavy (non-hydrogen) atoms. The summed E-state index contributed by atoms with van der Waals surface area (Å²) in [5.74, 6) is 0.452. The topological polar surface area (TPSA) is 66.5 Å². The molecule has 0 amide bonds. The van der Waals surface area contributed by atoms with Crippen molar-refractivity contribution in [3.63, 3.8) is 0 Å². The number of aromatic nitrogens is 4. The van der Waals surface area contributed by atoms with Gasteiger partial charge in [-0.05, 0) is 11.6 Å². The lowest BCUT2D eigenvalue weighted by atomic mass is 10.4. The minimum atomic E-state index is 0.452. The second-order valence-corrected chi connectivity index (χ2v) is 2.40. The van der Waals surface area contributed by atoms with E-state index in [1.54, 1.807) is 0 Å². The predicted octanol–water partition coefficient (Wildman–Crippen LogP) is -0.125. The lowest BCUT2D eigenvalue weighted by Gasteiger charge is -1.99. The fourth-order valence-corrected chi connectivity index (χ4v) is 0.764. The third-order valence-electron chi connectivity index (χ3n) is 1.08. The number of rotatable bonds is 3. The molecule has 0 aliphatic rings. The summed E-state index contributed by atoms with van der Waals surface area (Å²) >= 11 is 4.94. The van der Waals surface area contributed by atoms with Gasteiger partial charge in [-0.1, -0.05) is 19.1 Å². The Bertz CT molecular complexity index is 219. The molecule has 6 heteroatoms. The van der Waals surface area contributed by atoms with Crippen molar-refractivity contribution in [1.82, 2.24) is 25.9 Å². The Kier molecular flexibility index (Phi) is 2.91. The minimum absolute atomic E-state index is 0.452. The lowest BCUT2D eigenvalue weighted by molar-refractivity contribution is 0.843. The van der Waals surface area contributed by atoms with E-state index in [2.05, 4.69) is 32.9 Å². The average Bonchev–Trinajstić information content (AvgIpc) is 2.52. The van der Waals surface area contributed by atoms with Crippen molar-refractivity contribution in [2.24, 2.45) is 0 Å². The van der Waals surface area contributed by atoms with Crippen LogP contribution >= 0.6 is 12.2 Å². The number of nitrogens with zero attached hydrogens (tertiary/aromatic N) is 3. The van der Waals surface area contributed by atoms with Gasteiger partial charge < -0.3 is 5.32 Å². The Morgan fingerprint density at radius 3 is 3.09 bits per heavy atom. The molecule has 0 bridgehead atoms. The van der Waals surface area contributed by atoms with Crippen LogP contribution in [0.5, 0.6) is 0 Å².